The summed E-state index contributed by atoms with van der Waals surface area (Å²) in [5, 5.41) is 0. The van der Waals surface area contributed by atoms with Gasteiger partial charge in [0.05, 0.1) is 0 Å². The second-order valence-corrected chi connectivity index (χ2v) is 9.62. The average molecular weight is 399 g/mol. The molecule has 160 valence electrons. The van der Waals surface area contributed by atoms with Gasteiger partial charge in [-0.15, -0.1) is 0 Å². The van der Waals surface area contributed by atoms with Crippen LogP contribution in [-0.4, -0.2) is 49.1 Å². The molecule has 2 atom stereocenters. The minimum Gasteiger partial charge on any atom is -0.410 e. The van der Waals surface area contributed by atoms with Crippen LogP contribution in [0.5, 0.6) is 5.75 Å². The minimum atomic E-state index is -0.286. The molecule has 2 fully saturated rings. The summed E-state index contributed by atoms with van der Waals surface area (Å²) in [7, 11) is 3.47. The summed E-state index contributed by atoms with van der Waals surface area (Å²) in [6, 6.07) is 6.97. The molecule has 1 aliphatic heterocycles. The van der Waals surface area contributed by atoms with Gasteiger partial charge < -0.3 is 9.64 Å². The van der Waals surface area contributed by atoms with Crippen LogP contribution in [0.25, 0.3) is 0 Å². The Morgan fingerprint density at radius 3 is 2.72 bits per heavy atom. The molecule has 0 unspecified atom stereocenters. The van der Waals surface area contributed by atoms with E-state index in [1.807, 2.05) is 6.07 Å². The second kappa shape index (κ2) is 9.51. The molecule has 0 aromatic heterocycles. The first kappa shape index (κ1) is 20.7. The molecule has 1 heterocycles. The maximum Gasteiger partial charge on any atom is 0.414 e. The summed E-state index contributed by atoms with van der Waals surface area (Å²) in [4.78, 5) is 16.3. The van der Waals surface area contributed by atoms with E-state index in [1.165, 1.54) is 93.3 Å². The van der Waals surface area contributed by atoms with Gasteiger partial charge in [0.15, 0.2) is 0 Å². The maximum absolute atomic E-state index is 12.0. The van der Waals surface area contributed by atoms with E-state index >= 15 is 0 Å². The number of carbonyl (C=O) groups excluding carboxylic acids is 1. The molecular weight excluding hydrogens is 360 g/mol. The number of unbranched alkanes of at least 4 members (excludes halogenated alkanes) is 1. The molecule has 4 nitrogen and oxygen atoms in total. The Morgan fingerprint density at radius 2 is 1.93 bits per heavy atom. The van der Waals surface area contributed by atoms with Crippen molar-refractivity contribution in [3.05, 3.63) is 29.3 Å². The maximum atomic E-state index is 12.0. The summed E-state index contributed by atoms with van der Waals surface area (Å²) >= 11 is 0. The predicted octanol–water partition coefficient (Wildman–Crippen LogP) is 5.60. The van der Waals surface area contributed by atoms with E-state index < -0.39 is 0 Å². The number of carbonyl (C=O) groups is 1. The van der Waals surface area contributed by atoms with Crippen molar-refractivity contribution in [2.24, 2.45) is 5.92 Å². The van der Waals surface area contributed by atoms with Gasteiger partial charge in [-0.05, 0) is 61.9 Å². The Balaban J connectivity index is 1.32. The molecule has 4 heteroatoms. The zero-order valence-electron chi connectivity index (χ0n) is 18.4. The van der Waals surface area contributed by atoms with E-state index in [4.69, 9.17) is 4.74 Å². The second-order valence-electron chi connectivity index (χ2n) is 9.62. The van der Waals surface area contributed by atoms with Crippen molar-refractivity contribution in [3.63, 3.8) is 0 Å². The molecule has 1 aromatic carbocycles. The van der Waals surface area contributed by atoms with Crippen molar-refractivity contribution >= 4 is 6.09 Å². The highest BCUT2D eigenvalue weighted by Gasteiger charge is 2.39. The van der Waals surface area contributed by atoms with Crippen LogP contribution in [0, 0.1) is 5.92 Å². The van der Waals surface area contributed by atoms with Gasteiger partial charge in [-0.3, -0.25) is 4.90 Å². The SMILES string of the molecule is CN(C)C(=O)Oc1cccc2c1CC[C@H]1[C@@H]2CCN1CCCCC1CCCCC1. The summed E-state index contributed by atoms with van der Waals surface area (Å²) in [6.07, 6.45) is 14.7. The molecule has 29 heavy (non-hydrogen) atoms. The van der Waals surface area contributed by atoms with E-state index in [9.17, 15) is 4.79 Å². The number of likely N-dealkylation sites (tertiary alicyclic amines) is 1. The molecule has 1 aromatic rings. The fourth-order valence-electron chi connectivity index (χ4n) is 5.94. The highest BCUT2D eigenvalue weighted by molar-refractivity contribution is 5.70. The van der Waals surface area contributed by atoms with Crippen LogP contribution in [0.4, 0.5) is 4.79 Å². The summed E-state index contributed by atoms with van der Waals surface area (Å²) in [5.41, 5.74) is 2.69. The molecule has 0 N–H and O–H groups in total. The number of fused-ring (bicyclic) bond motifs is 3. The molecular formula is C25H38N2O2. The Bertz CT molecular complexity index is 696. The number of amides is 1. The van der Waals surface area contributed by atoms with Gasteiger partial charge in [0.25, 0.3) is 0 Å². The lowest BCUT2D eigenvalue weighted by molar-refractivity contribution is 0.170. The number of benzene rings is 1. The molecule has 3 aliphatic rings. The van der Waals surface area contributed by atoms with Crippen LogP contribution in [0.2, 0.25) is 0 Å². The van der Waals surface area contributed by atoms with Gasteiger partial charge in [0, 0.05) is 26.1 Å². The number of nitrogens with zero attached hydrogens (tertiary/aromatic N) is 2. The number of hydrogen-bond donors (Lipinski definition) is 0. The smallest absolute Gasteiger partial charge is 0.410 e. The predicted molar refractivity (Wildman–Crippen MR) is 118 cm³/mol. The van der Waals surface area contributed by atoms with Gasteiger partial charge in [-0.25, -0.2) is 4.79 Å². The average Bonchev–Trinajstić information content (AvgIpc) is 3.15. The molecule has 0 bridgehead atoms. The number of hydrogen-bond acceptors (Lipinski definition) is 3. The van der Waals surface area contributed by atoms with Gasteiger partial charge >= 0.3 is 6.09 Å². The number of rotatable bonds is 6. The summed E-state index contributed by atoms with van der Waals surface area (Å²) in [5.74, 6) is 2.39. The zero-order chi connectivity index (χ0) is 20.2. The van der Waals surface area contributed by atoms with E-state index in [2.05, 4.69) is 17.0 Å². The first-order chi connectivity index (χ1) is 14.1. The Kier molecular flexibility index (Phi) is 6.79. The molecule has 4 rings (SSSR count). The summed E-state index contributed by atoms with van der Waals surface area (Å²) in [6.45, 7) is 2.48. The zero-order valence-corrected chi connectivity index (χ0v) is 18.4. The third-order valence-corrected chi connectivity index (χ3v) is 7.51. The van der Waals surface area contributed by atoms with E-state index in [1.54, 1.807) is 14.1 Å². The van der Waals surface area contributed by atoms with E-state index in [0.717, 1.165) is 18.1 Å². The third kappa shape index (κ3) is 4.79. The molecule has 2 aliphatic carbocycles. The monoisotopic (exact) mass is 398 g/mol. The Labute approximate surface area is 176 Å². The Hall–Kier alpha value is -1.55. The lowest BCUT2D eigenvalue weighted by Crippen LogP contribution is -2.36. The molecule has 0 spiro atoms. The molecule has 1 saturated heterocycles. The van der Waals surface area contributed by atoms with Crippen LogP contribution in [-0.2, 0) is 6.42 Å². The first-order valence-corrected chi connectivity index (χ1v) is 11.9. The van der Waals surface area contributed by atoms with Crippen molar-refractivity contribution in [2.45, 2.75) is 82.6 Å². The van der Waals surface area contributed by atoms with Crippen LogP contribution in [0.1, 0.15) is 81.3 Å². The highest BCUT2D eigenvalue weighted by Crippen LogP contribution is 2.44. The summed E-state index contributed by atoms with van der Waals surface area (Å²) < 4.78 is 5.66. The van der Waals surface area contributed by atoms with Crippen molar-refractivity contribution in [1.29, 1.82) is 0 Å². The van der Waals surface area contributed by atoms with Crippen molar-refractivity contribution in [2.75, 3.05) is 27.2 Å². The number of ether oxygens (including phenoxy) is 1. The van der Waals surface area contributed by atoms with Crippen LogP contribution >= 0.6 is 0 Å². The van der Waals surface area contributed by atoms with Gasteiger partial charge in [-0.1, -0.05) is 57.1 Å². The first-order valence-electron chi connectivity index (χ1n) is 11.9. The lowest BCUT2D eigenvalue weighted by Gasteiger charge is -2.34. The van der Waals surface area contributed by atoms with Crippen LogP contribution in [0.3, 0.4) is 0 Å². The quantitative estimate of drug-likeness (QED) is 0.585. The normalized spacial score (nSPS) is 24.8. The largest absolute Gasteiger partial charge is 0.414 e. The van der Waals surface area contributed by atoms with Gasteiger partial charge in [0.1, 0.15) is 5.75 Å². The standard InChI is InChI=1S/C25H38N2O2/c1-26(2)25(28)29-24-13-8-12-20-21-16-18-27(23(21)15-14-22(20)24)17-7-6-11-19-9-4-3-5-10-19/h8,12-13,19,21,23H,3-7,9-11,14-18H2,1-2H3/t21-,23+/m1/s1. The van der Waals surface area contributed by atoms with E-state index in [0.29, 0.717) is 12.0 Å². The molecule has 0 radical (unpaired) electrons. The van der Waals surface area contributed by atoms with Gasteiger partial charge in [-0.2, -0.15) is 0 Å². The Morgan fingerprint density at radius 1 is 1.10 bits per heavy atom. The van der Waals surface area contributed by atoms with Crippen molar-refractivity contribution < 1.29 is 9.53 Å². The lowest BCUT2D eigenvalue weighted by atomic mass is 9.79. The van der Waals surface area contributed by atoms with Crippen LogP contribution < -0.4 is 4.74 Å². The molecule has 1 saturated carbocycles. The fraction of sp³-hybridized carbons (Fsp3) is 0.720. The topological polar surface area (TPSA) is 32.8 Å². The van der Waals surface area contributed by atoms with Crippen molar-refractivity contribution in [1.82, 2.24) is 9.80 Å². The minimum absolute atomic E-state index is 0.286. The molecule has 1 amide bonds. The third-order valence-electron chi connectivity index (χ3n) is 7.51. The van der Waals surface area contributed by atoms with Crippen LogP contribution in [0.15, 0.2) is 18.2 Å². The van der Waals surface area contributed by atoms with Gasteiger partial charge in [0.2, 0.25) is 0 Å². The van der Waals surface area contributed by atoms with E-state index in [-0.39, 0.29) is 6.09 Å². The highest BCUT2D eigenvalue weighted by atomic mass is 16.6. The van der Waals surface area contributed by atoms with Crippen molar-refractivity contribution in [3.8, 4) is 5.75 Å². The fourth-order valence-corrected chi connectivity index (χ4v) is 5.94.